The van der Waals surface area contributed by atoms with Crippen molar-refractivity contribution in [2.45, 2.75) is 26.7 Å². The van der Waals surface area contributed by atoms with Crippen LogP contribution in [0.25, 0.3) is 11.3 Å². The van der Waals surface area contributed by atoms with Gasteiger partial charge in [-0.2, -0.15) is 0 Å². The maximum absolute atomic E-state index is 11.1. The predicted octanol–water partition coefficient (Wildman–Crippen LogP) is 5.89. The molecule has 1 atom stereocenters. The van der Waals surface area contributed by atoms with E-state index in [2.05, 4.69) is 13.8 Å². The fourth-order valence-electron chi connectivity index (χ4n) is 2.85. The molecule has 0 amide bonds. The van der Waals surface area contributed by atoms with Gasteiger partial charge in [-0.05, 0) is 48.2 Å². The van der Waals surface area contributed by atoms with Gasteiger partial charge < -0.3 is 9.84 Å². The first-order valence-corrected chi connectivity index (χ1v) is 9.89. The van der Waals surface area contributed by atoms with Crippen LogP contribution >= 0.6 is 11.3 Å². The Bertz CT molecular complexity index is 872. The maximum atomic E-state index is 11.1. The lowest BCUT2D eigenvalue weighted by molar-refractivity contribution is -0.138. The molecule has 0 bridgehead atoms. The number of carbonyl (C=O) groups is 1. The van der Waals surface area contributed by atoms with Crippen molar-refractivity contribution in [1.82, 2.24) is 4.98 Å². The summed E-state index contributed by atoms with van der Waals surface area (Å²) in [7, 11) is 0. The highest BCUT2D eigenvalue weighted by Crippen LogP contribution is 2.29. The number of para-hydroxylation sites is 1. The molecule has 2 aromatic carbocycles. The highest BCUT2D eigenvalue weighted by atomic mass is 32.1. The fraction of sp³-hybridized carbons (Fsp3) is 0.273. The third kappa shape index (κ3) is 5.41. The number of carboxylic acids is 1. The number of ether oxygens (including phenoxy) is 1. The molecule has 0 fully saturated rings. The Kier molecular flexibility index (Phi) is 6.24. The van der Waals surface area contributed by atoms with Crippen LogP contribution < -0.4 is 4.74 Å². The van der Waals surface area contributed by atoms with Gasteiger partial charge in [-0.1, -0.05) is 32.0 Å². The lowest BCUT2D eigenvalue weighted by Gasteiger charge is -2.17. The van der Waals surface area contributed by atoms with E-state index in [0.717, 1.165) is 27.8 Å². The van der Waals surface area contributed by atoms with Crippen LogP contribution in [0.4, 0.5) is 0 Å². The second-order valence-electron chi connectivity index (χ2n) is 6.87. The largest absolute Gasteiger partial charge is 0.481 e. The first-order chi connectivity index (χ1) is 13.0. The zero-order valence-corrected chi connectivity index (χ0v) is 16.3. The number of nitrogens with zero attached hydrogens (tertiary/aromatic N) is 1. The van der Waals surface area contributed by atoms with Crippen LogP contribution in [0.1, 0.15) is 25.3 Å². The summed E-state index contributed by atoms with van der Waals surface area (Å²) in [5.74, 6) is 1.24. The molecule has 0 radical (unpaired) electrons. The van der Waals surface area contributed by atoms with Crippen LogP contribution in [0.15, 0.2) is 60.0 Å². The minimum Gasteiger partial charge on any atom is -0.481 e. The third-order valence-corrected chi connectivity index (χ3v) is 5.37. The molecule has 4 nitrogen and oxygen atoms in total. The number of rotatable bonds is 8. The van der Waals surface area contributed by atoms with Gasteiger partial charge >= 0.3 is 5.97 Å². The lowest BCUT2D eigenvalue weighted by atomic mass is 9.90. The number of aromatic nitrogens is 1. The molecule has 5 heteroatoms. The van der Waals surface area contributed by atoms with Crippen molar-refractivity contribution in [3.05, 3.63) is 65.0 Å². The van der Waals surface area contributed by atoms with Crippen LogP contribution in [-0.2, 0) is 11.2 Å². The van der Waals surface area contributed by atoms with Crippen molar-refractivity contribution in [1.29, 1.82) is 0 Å². The lowest BCUT2D eigenvalue weighted by Crippen LogP contribution is -2.16. The second kappa shape index (κ2) is 8.82. The first-order valence-electron chi connectivity index (χ1n) is 9.01. The molecular formula is C22H23NO3S. The third-order valence-electron chi connectivity index (χ3n) is 4.50. The van der Waals surface area contributed by atoms with E-state index in [1.165, 1.54) is 0 Å². The summed E-state index contributed by atoms with van der Waals surface area (Å²) >= 11 is 1.59. The van der Waals surface area contributed by atoms with Gasteiger partial charge in [0, 0.05) is 23.8 Å². The van der Waals surface area contributed by atoms with E-state index in [1.807, 2.05) is 60.0 Å². The molecule has 27 heavy (non-hydrogen) atoms. The molecule has 1 heterocycles. The Labute approximate surface area is 163 Å². The summed E-state index contributed by atoms with van der Waals surface area (Å²) in [4.78, 5) is 15.8. The Balaban J connectivity index is 1.68. The van der Waals surface area contributed by atoms with Gasteiger partial charge in [-0.3, -0.25) is 4.79 Å². The van der Waals surface area contributed by atoms with Crippen LogP contribution in [0.5, 0.6) is 11.5 Å². The SMILES string of the molecule is CC(C)C(CC(=O)O)Cc1nc(-c2ccc(Oc3ccccc3)cc2)cs1. The number of hydrogen-bond acceptors (Lipinski definition) is 4. The summed E-state index contributed by atoms with van der Waals surface area (Å²) in [6.45, 7) is 4.13. The Hall–Kier alpha value is -2.66. The molecule has 3 rings (SSSR count). The van der Waals surface area contributed by atoms with Gasteiger partial charge in [0.05, 0.1) is 10.7 Å². The van der Waals surface area contributed by atoms with Gasteiger partial charge in [0.15, 0.2) is 0 Å². The van der Waals surface area contributed by atoms with Crippen molar-refractivity contribution in [2.75, 3.05) is 0 Å². The van der Waals surface area contributed by atoms with E-state index in [-0.39, 0.29) is 12.3 Å². The molecule has 0 aliphatic rings. The molecule has 0 saturated heterocycles. The first kappa shape index (κ1) is 19.1. The van der Waals surface area contributed by atoms with Gasteiger partial charge in [0.2, 0.25) is 0 Å². The summed E-state index contributed by atoms with van der Waals surface area (Å²) < 4.78 is 5.82. The van der Waals surface area contributed by atoms with Crippen molar-refractivity contribution in [3.8, 4) is 22.8 Å². The molecule has 1 unspecified atom stereocenters. The van der Waals surface area contributed by atoms with E-state index < -0.39 is 5.97 Å². The molecular weight excluding hydrogens is 358 g/mol. The van der Waals surface area contributed by atoms with Crippen molar-refractivity contribution < 1.29 is 14.6 Å². The van der Waals surface area contributed by atoms with Crippen molar-refractivity contribution in [2.24, 2.45) is 11.8 Å². The van der Waals surface area contributed by atoms with Crippen LogP contribution in [0.3, 0.4) is 0 Å². The van der Waals surface area contributed by atoms with Gasteiger partial charge in [-0.25, -0.2) is 4.98 Å². The Morgan fingerprint density at radius 2 is 1.74 bits per heavy atom. The quantitative estimate of drug-likeness (QED) is 0.528. The highest BCUT2D eigenvalue weighted by molar-refractivity contribution is 7.09. The van der Waals surface area contributed by atoms with Crippen LogP contribution in [0.2, 0.25) is 0 Å². The average Bonchev–Trinajstić information content (AvgIpc) is 3.11. The zero-order valence-electron chi connectivity index (χ0n) is 15.5. The van der Waals surface area contributed by atoms with Crippen molar-refractivity contribution in [3.63, 3.8) is 0 Å². The van der Waals surface area contributed by atoms with Crippen LogP contribution in [-0.4, -0.2) is 16.1 Å². The number of aliphatic carboxylic acids is 1. The normalized spacial score (nSPS) is 12.1. The number of benzene rings is 2. The van der Waals surface area contributed by atoms with E-state index in [4.69, 9.17) is 14.8 Å². The summed E-state index contributed by atoms with van der Waals surface area (Å²) in [6, 6.07) is 17.5. The molecule has 3 aromatic rings. The molecule has 0 aliphatic heterocycles. The maximum Gasteiger partial charge on any atom is 0.303 e. The summed E-state index contributed by atoms with van der Waals surface area (Å²) in [6.07, 6.45) is 0.877. The van der Waals surface area contributed by atoms with Crippen LogP contribution in [0, 0.1) is 11.8 Å². The molecule has 1 N–H and O–H groups in total. The molecule has 0 aliphatic carbocycles. The fourth-order valence-corrected chi connectivity index (χ4v) is 3.75. The zero-order chi connectivity index (χ0) is 19.2. The van der Waals surface area contributed by atoms with E-state index in [9.17, 15) is 4.79 Å². The van der Waals surface area contributed by atoms with Gasteiger partial charge in [-0.15, -0.1) is 11.3 Å². The Morgan fingerprint density at radius 1 is 1.07 bits per heavy atom. The Morgan fingerprint density at radius 3 is 2.37 bits per heavy atom. The minimum absolute atomic E-state index is 0.100. The topological polar surface area (TPSA) is 59.4 Å². The average molecular weight is 381 g/mol. The van der Waals surface area contributed by atoms with E-state index in [0.29, 0.717) is 12.3 Å². The number of carboxylic acid groups (broad SMARTS) is 1. The predicted molar refractivity (Wildman–Crippen MR) is 108 cm³/mol. The standard InChI is InChI=1S/C22H23NO3S/c1-15(2)17(13-22(24)25)12-21-23-20(14-27-21)16-8-10-19(11-9-16)26-18-6-4-3-5-7-18/h3-11,14-15,17H,12-13H2,1-2H3,(H,24,25). The second-order valence-corrected chi connectivity index (χ2v) is 7.81. The van der Waals surface area contributed by atoms with E-state index >= 15 is 0 Å². The number of hydrogen-bond donors (Lipinski definition) is 1. The summed E-state index contributed by atoms with van der Waals surface area (Å²) in [5.41, 5.74) is 1.94. The molecule has 0 saturated carbocycles. The highest BCUT2D eigenvalue weighted by Gasteiger charge is 2.19. The molecule has 1 aromatic heterocycles. The minimum atomic E-state index is -0.750. The smallest absolute Gasteiger partial charge is 0.303 e. The van der Waals surface area contributed by atoms with E-state index in [1.54, 1.807) is 11.3 Å². The molecule has 140 valence electrons. The van der Waals surface area contributed by atoms with Gasteiger partial charge in [0.1, 0.15) is 11.5 Å². The monoisotopic (exact) mass is 381 g/mol. The summed E-state index contributed by atoms with van der Waals surface area (Å²) in [5, 5.41) is 12.1. The van der Waals surface area contributed by atoms with Crippen molar-refractivity contribution >= 4 is 17.3 Å². The molecule has 0 spiro atoms. The number of thiazole rings is 1. The van der Waals surface area contributed by atoms with Gasteiger partial charge in [0.25, 0.3) is 0 Å².